The first-order valence-corrected chi connectivity index (χ1v) is 5.22. The molecule has 0 aromatic heterocycles. The van der Waals surface area contributed by atoms with Crippen LogP contribution in [0.25, 0.3) is 0 Å². The van der Waals surface area contributed by atoms with Crippen LogP contribution >= 0.6 is 11.6 Å². The second-order valence-electron chi connectivity index (χ2n) is 4.20. The topological polar surface area (TPSA) is 37.3 Å². The Morgan fingerprint density at radius 3 is 2.41 bits per heavy atom. The third-order valence-corrected chi connectivity index (χ3v) is 3.29. The maximum atomic E-state index is 13.7. The Balaban J connectivity index is 2.50. The fraction of sp³-hybridized carbons (Fsp3) is 0.364. The van der Waals surface area contributed by atoms with Crippen LogP contribution in [-0.4, -0.2) is 17.0 Å². The highest BCUT2D eigenvalue weighted by atomic mass is 35.5. The molecule has 0 bridgehead atoms. The predicted molar refractivity (Wildman–Crippen MR) is 54.9 cm³/mol. The number of carboxylic acid groups (broad SMARTS) is 1. The first-order chi connectivity index (χ1) is 7.78. The molecule has 1 aromatic carbocycles. The van der Waals surface area contributed by atoms with Crippen molar-refractivity contribution < 1.29 is 23.1 Å². The maximum Gasteiger partial charge on any atom is 0.314 e. The Morgan fingerprint density at radius 2 is 1.94 bits per heavy atom. The highest BCUT2D eigenvalue weighted by molar-refractivity contribution is 6.30. The van der Waals surface area contributed by atoms with Crippen molar-refractivity contribution in [1.29, 1.82) is 0 Å². The van der Waals surface area contributed by atoms with Crippen molar-refractivity contribution >= 4 is 17.6 Å². The van der Waals surface area contributed by atoms with Gasteiger partial charge in [-0.05, 0) is 6.07 Å². The quantitative estimate of drug-likeness (QED) is 0.890. The van der Waals surface area contributed by atoms with E-state index in [9.17, 15) is 18.0 Å². The van der Waals surface area contributed by atoms with E-state index in [1.54, 1.807) is 0 Å². The number of halogens is 4. The van der Waals surface area contributed by atoms with Crippen LogP contribution in [0.3, 0.4) is 0 Å². The Hall–Kier alpha value is -1.23. The monoisotopic (exact) mass is 264 g/mol. The van der Waals surface area contributed by atoms with Crippen molar-refractivity contribution in [2.75, 3.05) is 0 Å². The Bertz CT molecular complexity index is 480. The van der Waals surface area contributed by atoms with Crippen LogP contribution in [0.4, 0.5) is 13.2 Å². The van der Waals surface area contributed by atoms with Gasteiger partial charge in [0.2, 0.25) is 0 Å². The number of aliphatic carboxylic acids is 1. The summed E-state index contributed by atoms with van der Waals surface area (Å²) >= 11 is 5.52. The third kappa shape index (κ3) is 1.78. The average Bonchev–Trinajstić information content (AvgIpc) is 2.17. The highest BCUT2D eigenvalue weighted by Crippen LogP contribution is 2.54. The molecular weight excluding hydrogens is 257 g/mol. The molecule has 1 aliphatic rings. The molecule has 2 nitrogen and oxygen atoms in total. The second-order valence-corrected chi connectivity index (χ2v) is 4.61. The Kier molecular flexibility index (Phi) is 2.61. The number of carboxylic acids is 1. The lowest BCUT2D eigenvalue weighted by Crippen LogP contribution is -2.54. The second kappa shape index (κ2) is 3.63. The number of alkyl halides is 2. The minimum Gasteiger partial charge on any atom is -0.481 e. The number of benzene rings is 1. The van der Waals surface area contributed by atoms with E-state index in [1.165, 1.54) is 18.2 Å². The molecule has 17 heavy (non-hydrogen) atoms. The summed E-state index contributed by atoms with van der Waals surface area (Å²) in [5.74, 6) is -5.45. The van der Waals surface area contributed by atoms with Gasteiger partial charge >= 0.3 is 5.97 Å². The van der Waals surface area contributed by atoms with E-state index in [2.05, 4.69) is 0 Å². The van der Waals surface area contributed by atoms with Crippen molar-refractivity contribution in [3.8, 4) is 0 Å². The lowest BCUT2D eigenvalue weighted by molar-refractivity contribution is -0.174. The van der Waals surface area contributed by atoms with Gasteiger partial charge in [0.15, 0.2) is 0 Å². The fourth-order valence-electron chi connectivity index (χ4n) is 2.16. The zero-order valence-electron chi connectivity index (χ0n) is 8.51. The van der Waals surface area contributed by atoms with Gasteiger partial charge in [-0.3, -0.25) is 4.79 Å². The summed E-state index contributed by atoms with van der Waals surface area (Å²) in [6.45, 7) is 0. The maximum absolute atomic E-state index is 13.7. The van der Waals surface area contributed by atoms with E-state index in [0.717, 1.165) is 0 Å². The fourth-order valence-corrected chi connectivity index (χ4v) is 2.34. The lowest BCUT2D eigenvalue weighted by atomic mass is 9.62. The highest BCUT2D eigenvalue weighted by Gasteiger charge is 2.63. The van der Waals surface area contributed by atoms with Crippen LogP contribution in [0.1, 0.15) is 18.4 Å². The molecule has 92 valence electrons. The number of hydrogen-bond donors (Lipinski definition) is 1. The van der Waals surface area contributed by atoms with Crippen molar-refractivity contribution in [3.63, 3.8) is 0 Å². The van der Waals surface area contributed by atoms with Crippen LogP contribution in [0, 0.1) is 5.82 Å². The zero-order valence-corrected chi connectivity index (χ0v) is 9.27. The van der Waals surface area contributed by atoms with Gasteiger partial charge in [-0.25, -0.2) is 13.2 Å². The van der Waals surface area contributed by atoms with Gasteiger partial charge in [0.05, 0.1) is 5.02 Å². The molecule has 0 spiro atoms. The average molecular weight is 265 g/mol. The van der Waals surface area contributed by atoms with Crippen LogP contribution in [-0.2, 0) is 10.2 Å². The Morgan fingerprint density at radius 1 is 1.35 bits per heavy atom. The van der Waals surface area contributed by atoms with Crippen LogP contribution < -0.4 is 0 Å². The standard InChI is InChI=1S/C11H8ClF3O2/c12-7-3-1-2-6(8(7)13)10(9(16)17)4-11(14,15)5-10/h1-3H,4-5H2,(H,16,17). The molecule has 1 N–H and O–H groups in total. The number of rotatable bonds is 2. The van der Waals surface area contributed by atoms with Crippen molar-refractivity contribution in [2.45, 2.75) is 24.2 Å². The van der Waals surface area contributed by atoms with E-state index < -0.39 is 36.0 Å². The molecule has 0 amide bonds. The summed E-state index contributed by atoms with van der Waals surface area (Å²) in [5, 5.41) is 8.78. The summed E-state index contributed by atoms with van der Waals surface area (Å²) in [4.78, 5) is 11.1. The minimum atomic E-state index is -3.06. The summed E-state index contributed by atoms with van der Waals surface area (Å²) in [7, 11) is 0. The van der Waals surface area contributed by atoms with Gasteiger partial charge in [0.1, 0.15) is 11.2 Å². The molecule has 1 aliphatic carbocycles. The first-order valence-electron chi connectivity index (χ1n) is 4.84. The lowest BCUT2D eigenvalue weighted by Gasteiger charge is -2.44. The van der Waals surface area contributed by atoms with Gasteiger partial charge in [0, 0.05) is 18.4 Å². The van der Waals surface area contributed by atoms with Gasteiger partial charge in [-0.15, -0.1) is 0 Å². The van der Waals surface area contributed by atoms with E-state index in [1.807, 2.05) is 0 Å². The van der Waals surface area contributed by atoms with Gasteiger partial charge in [0.25, 0.3) is 5.92 Å². The molecule has 0 unspecified atom stereocenters. The van der Waals surface area contributed by atoms with E-state index in [-0.39, 0.29) is 10.6 Å². The predicted octanol–water partition coefficient (Wildman–Crippen LogP) is 3.23. The molecule has 0 radical (unpaired) electrons. The summed E-state index contributed by atoms with van der Waals surface area (Å²) in [6, 6.07) is 3.78. The summed E-state index contributed by atoms with van der Waals surface area (Å²) < 4.78 is 39.5. The SMILES string of the molecule is O=C(O)C1(c2cccc(Cl)c2F)CC(F)(F)C1. The third-order valence-electron chi connectivity index (χ3n) is 3.00. The zero-order chi connectivity index (χ0) is 12.8. The molecule has 1 saturated carbocycles. The van der Waals surface area contributed by atoms with E-state index >= 15 is 0 Å². The Labute approximate surface area is 100 Å². The minimum absolute atomic E-state index is 0.265. The van der Waals surface area contributed by atoms with Crippen LogP contribution in [0.2, 0.25) is 5.02 Å². The van der Waals surface area contributed by atoms with E-state index in [4.69, 9.17) is 16.7 Å². The molecule has 0 heterocycles. The molecule has 1 aromatic rings. The number of hydrogen-bond acceptors (Lipinski definition) is 1. The van der Waals surface area contributed by atoms with Gasteiger partial charge in [-0.1, -0.05) is 23.7 Å². The van der Waals surface area contributed by atoms with Crippen molar-refractivity contribution in [1.82, 2.24) is 0 Å². The normalized spacial score (nSPS) is 20.7. The molecule has 0 atom stereocenters. The molecule has 2 rings (SSSR count). The smallest absolute Gasteiger partial charge is 0.314 e. The first kappa shape index (κ1) is 12.2. The summed E-state index contributed by atoms with van der Waals surface area (Å²) in [5.41, 5.74) is -2.14. The van der Waals surface area contributed by atoms with Crippen LogP contribution in [0.5, 0.6) is 0 Å². The van der Waals surface area contributed by atoms with Crippen LogP contribution in [0.15, 0.2) is 18.2 Å². The molecule has 1 fully saturated rings. The van der Waals surface area contributed by atoms with Crippen molar-refractivity contribution in [2.24, 2.45) is 0 Å². The van der Waals surface area contributed by atoms with Gasteiger partial charge in [-0.2, -0.15) is 0 Å². The summed E-state index contributed by atoms with van der Waals surface area (Å²) in [6.07, 6.45) is -1.79. The van der Waals surface area contributed by atoms with E-state index in [0.29, 0.717) is 0 Å². The largest absolute Gasteiger partial charge is 0.481 e. The molecule has 0 aliphatic heterocycles. The number of carbonyl (C=O) groups is 1. The molecule has 0 saturated heterocycles. The van der Waals surface area contributed by atoms with Crippen molar-refractivity contribution in [3.05, 3.63) is 34.6 Å². The molecule has 6 heteroatoms. The van der Waals surface area contributed by atoms with Gasteiger partial charge < -0.3 is 5.11 Å². The molecular formula is C11H8ClF3O2.